The van der Waals surface area contributed by atoms with Crippen molar-refractivity contribution in [2.75, 3.05) is 18.0 Å². The first-order chi connectivity index (χ1) is 26.1. The fourth-order valence-electron chi connectivity index (χ4n) is 7.76. The number of hydrogen-bond donors (Lipinski definition) is 0. The zero-order chi connectivity index (χ0) is 39.7. The van der Waals surface area contributed by atoms with E-state index in [1.54, 1.807) is 24.3 Å². The lowest BCUT2D eigenvalue weighted by Gasteiger charge is -2.27. The van der Waals surface area contributed by atoms with Crippen LogP contribution in [0.4, 0.5) is 22.7 Å². The number of fused-ring (bicyclic) bond motifs is 2. The maximum atomic E-state index is 11.8. The van der Waals surface area contributed by atoms with Gasteiger partial charge in [-0.25, -0.2) is 0 Å². The Bertz CT molecular complexity index is 2180. The molecule has 0 saturated heterocycles. The van der Waals surface area contributed by atoms with Crippen molar-refractivity contribution in [1.29, 1.82) is 0 Å². The van der Waals surface area contributed by atoms with Gasteiger partial charge in [-0.05, 0) is 101 Å². The summed E-state index contributed by atoms with van der Waals surface area (Å²) in [4.78, 5) is 25.3. The highest BCUT2D eigenvalue weighted by molar-refractivity contribution is 6.03. The summed E-state index contributed by atoms with van der Waals surface area (Å²) >= 11 is 0. The van der Waals surface area contributed by atoms with Gasteiger partial charge in [-0.2, -0.15) is 4.58 Å². The van der Waals surface area contributed by atoms with Crippen LogP contribution in [-0.4, -0.2) is 45.4 Å². The summed E-state index contributed by atoms with van der Waals surface area (Å²) in [5.41, 5.74) is 7.18. The van der Waals surface area contributed by atoms with Crippen LogP contribution in [0.25, 0.3) is 0 Å². The minimum absolute atomic E-state index is 0.0668. The van der Waals surface area contributed by atoms with Gasteiger partial charge >= 0.3 is 0 Å². The number of non-ortho nitro benzene ring substituents is 2. The second kappa shape index (κ2) is 15.5. The number of nitro groups is 2. The van der Waals surface area contributed by atoms with Gasteiger partial charge in [-0.1, -0.05) is 44.2 Å². The first-order valence-electron chi connectivity index (χ1n) is 19.0. The molecule has 0 bridgehead atoms. The molecule has 2 aliphatic rings. The molecule has 4 aromatic carbocycles. The third-order valence-corrected chi connectivity index (χ3v) is 10.5. The van der Waals surface area contributed by atoms with Gasteiger partial charge in [0.1, 0.15) is 11.5 Å². The lowest BCUT2D eigenvalue weighted by molar-refractivity contribution is -0.437. The molecular weight excluding hydrogens is 693 g/mol. The van der Waals surface area contributed by atoms with Crippen molar-refractivity contribution in [3.05, 3.63) is 151 Å². The van der Waals surface area contributed by atoms with Crippen LogP contribution in [0.2, 0.25) is 0 Å². The molecule has 0 spiro atoms. The highest BCUT2D eigenvalue weighted by Gasteiger charge is 2.45. The Labute approximate surface area is 323 Å². The smallest absolute Gasteiger partial charge is 0.270 e. The maximum Gasteiger partial charge on any atom is 0.270 e. The van der Waals surface area contributed by atoms with E-state index in [0.29, 0.717) is 13.1 Å². The third-order valence-electron chi connectivity index (χ3n) is 10.5. The van der Waals surface area contributed by atoms with Gasteiger partial charge in [-0.15, -0.1) is 0 Å². The van der Waals surface area contributed by atoms with Crippen LogP contribution in [0.5, 0.6) is 11.5 Å². The van der Waals surface area contributed by atoms with Crippen LogP contribution in [0.15, 0.2) is 109 Å². The van der Waals surface area contributed by atoms with Crippen molar-refractivity contribution in [3.8, 4) is 11.5 Å². The summed E-state index contributed by atoms with van der Waals surface area (Å²) in [6.45, 7) is 17.8. The van der Waals surface area contributed by atoms with Gasteiger partial charge < -0.3 is 14.4 Å². The molecule has 6 rings (SSSR count). The van der Waals surface area contributed by atoms with Crippen molar-refractivity contribution in [3.63, 3.8) is 0 Å². The number of nitrogens with zero attached hydrogens (tertiary/aromatic N) is 4. The molecule has 0 atom stereocenters. The molecule has 55 heavy (non-hydrogen) atoms. The normalized spacial score (nSPS) is 16.3. The molecule has 2 heterocycles. The van der Waals surface area contributed by atoms with E-state index in [1.807, 2.05) is 64.1 Å². The topological polar surface area (TPSA) is 111 Å². The SMILES string of the molecule is CC(C)Oc1ccc(CCN2C(=CC=CC3=[N+](CCc4ccc(OC(C)C)cc4)c4ccc([N+](=O)[O-])cc4C3(C)C)C(C)(C)c3cc([N+](=O)[O-])ccc32)cc1. The van der Waals surface area contributed by atoms with E-state index in [0.717, 1.165) is 69.4 Å². The maximum absolute atomic E-state index is 11.8. The first-order valence-corrected chi connectivity index (χ1v) is 19.0. The van der Waals surface area contributed by atoms with Crippen LogP contribution in [0, 0.1) is 20.2 Å². The van der Waals surface area contributed by atoms with Gasteiger partial charge in [0.2, 0.25) is 5.69 Å². The number of benzene rings is 4. The molecule has 10 nitrogen and oxygen atoms in total. The Kier molecular flexibility index (Phi) is 11.0. The molecule has 0 radical (unpaired) electrons. The van der Waals surface area contributed by atoms with Crippen LogP contribution in [-0.2, 0) is 23.7 Å². The molecule has 0 amide bonds. The summed E-state index contributed by atoms with van der Waals surface area (Å²) < 4.78 is 14.0. The van der Waals surface area contributed by atoms with E-state index in [9.17, 15) is 20.2 Å². The molecule has 10 heteroatoms. The lowest BCUT2D eigenvalue weighted by atomic mass is 9.81. The van der Waals surface area contributed by atoms with E-state index in [4.69, 9.17) is 9.47 Å². The molecule has 4 aromatic rings. The molecular formula is C45H51N4O6+. The number of nitro benzene ring substituents is 2. The average molecular weight is 744 g/mol. The van der Waals surface area contributed by atoms with Crippen molar-refractivity contribution in [1.82, 2.24) is 0 Å². The molecule has 0 unspecified atom stereocenters. The Hall–Kier alpha value is -5.77. The Balaban J connectivity index is 1.36. The van der Waals surface area contributed by atoms with Crippen LogP contribution < -0.4 is 14.4 Å². The summed E-state index contributed by atoms with van der Waals surface area (Å²) in [5.74, 6) is 1.66. The van der Waals surface area contributed by atoms with Gasteiger partial charge in [0.05, 0.1) is 27.5 Å². The molecule has 0 aliphatic carbocycles. The van der Waals surface area contributed by atoms with Crippen molar-refractivity contribution in [2.45, 2.75) is 91.3 Å². The van der Waals surface area contributed by atoms with Gasteiger partial charge in [0, 0.05) is 71.7 Å². The van der Waals surface area contributed by atoms with E-state index in [1.165, 1.54) is 0 Å². The fraction of sp³-hybridized carbons (Fsp3) is 0.356. The number of rotatable bonds is 14. The summed E-state index contributed by atoms with van der Waals surface area (Å²) in [6.07, 6.45) is 7.99. The molecule has 0 aromatic heterocycles. The highest BCUT2D eigenvalue weighted by atomic mass is 16.6. The Morgan fingerprint density at radius 3 is 1.78 bits per heavy atom. The van der Waals surface area contributed by atoms with Crippen LogP contribution in [0.1, 0.15) is 77.6 Å². The standard InChI is InChI=1S/C45H51N4O6/c1-30(2)54-36-18-12-32(13-19-36)24-26-46-40-22-16-34(48(50)51)28-38(40)44(5,6)42(46)10-9-11-43-45(7,8)39-29-35(49(52)53)17-23-41(39)47(43)27-25-33-14-20-37(21-15-33)55-31(3)4/h9-23,28-31H,24-27H2,1-8H3/q+1. The van der Waals surface area contributed by atoms with E-state index in [2.05, 4.69) is 79.7 Å². The number of ether oxygens (including phenoxy) is 2. The van der Waals surface area contributed by atoms with Crippen molar-refractivity contribution in [2.24, 2.45) is 0 Å². The zero-order valence-corrected chi connectivity index (χ0v) is 33.0. The molecule has 2 aliphatic heterocycles. The lowest BCUT2D eigenvalue weighted by Crippen LogP contribution is -2.29. The monoisotopic (exact) mass is 743 g/mol. The summed E-state index contributed by atoms with van der Waals surface area (Å²) in [6, 6.07) is 26.6. The van der Waals surface area contributed by atoms with Gasteiger partial charge in [0.15, 0.2) is 12.3 Å². The van der Waals surface area contributed by atoms with Crippen LogP contribution in [0.3, 0.4) is 0 Å². The average Bonchev–Trinajstić information content (AvgIpc) is 3.47. The van der Waals surface area contributed by atoms with E-state index >= 15 is 0 Å². The number of allylic oxidation sites excluding steroid dienone is 4. The Morgan fingerprint density at radius 1 is 0.709 bits per heavy atom. The highest BCUT2D eigenvalue weighted by Crippen LogP contribution is 2.49. The molecule has 0 saturated carbocycles. The van der Waals surface area contributed by atoms with E-state index in [-0.39, 0.29) is 33.4 Å². The molecule has 0 fully saturated rings. The predicted octanol–water partition coefficient (Wildman–Crippen LogP) is 10.2. The van der Waals surface area contributed by atoms with Gasteiger partial charge in [-0.3, -0.25) is 20.2 Å². The second-order valence-electron chi connectivity index (χ2n) is 15.9. The minimum Gasteiger partial charge on any atom is -0.491 e. The Morgan fingerprint density at radius 2 is 1.24 bits per heavy atom. The summed E-state index contributed by atoms with van der Waals surface area (Å²) in [5, 5.41) is 23.7. The fourth-order valence-corrected chi connectivity index (χ4v) is 7.76. The molecule has 286 valence electrons. The molecule has 0 N–H and O–H groups in total. The number of anilines is 1. The van der Waals surface area contributed by atoms with Crippen molar-refractivity contribution < 1.29 is 23.9 Å². The third kappa shape index (κ3) is 8.18. The summed E-state index contributed by atoms with van der Waals surface area (Å²) in [7, 11) is 0. The quantitative estimate of drug-likeness (QED) is 0.0718. The van der Waals surface area contributed by atoms with Gasteiger partial charge in [0.25, 0.3) is 11.4 Å². The number of hydrogen-bond acceptors (Lipinski definition) is 7. The first kappa shape index (κ1) is 38.9. The largest absolute Gasteiger partial charge is 0.491 e. The minimum atomic E-state index is -0.523. The zero-order valence-electron chi connectivity index (χ0n) is 33.0. The van der Waals surface area contributed by atoms with Crippen molar-refractivity contribution >= 4 is 28.5 Å². The van der Waals surface area contributed by atoms with Crippen LogP contribution >= 0.6 is 0 Å². The predicted molar refractivity (Wildman–Crippen MR) is 218 cm³/mol. The van der Waals surface area contributed by atoms with E-state index < -0.39 is 10.8 Å². The second-order valence-corrected chi connectivity index (χ2v) is 15.9.